The summed E-state index contributed by atoms with van der Waals surface area (Å²) in [7, 11) is 0. The quantitative estimate of drug-likeness (QED) is 0.524. The van der Waals surface area contributed by atoms with Gasteiger partial charge in [0.1, 0.15) is 0 Å². The van der Waals surface area contributed by atoms with Gasteiger partial charge in [-0.05, 0) is 12.8 Å². The van der Waals surface area contributed by atoms with Gasteiger partial charge >= 0.3 is 0 Å². The third kappa shape index (κ3) is 5.44. The molecule has 0 aromatic carbocycles. The average molecular weight is 208 g/mol. The lowest BCUT2D eigenvalue weighted by Crippen LogP contribution is -2.41. The monoisotopic (exact) mass is 208 g/mol. The van der Waals surface area contributed by atoms with Crippen molar-refractivity contribution in [3.8, 4) is 12.3 Å². The normalized spacial score (nSPS) is 17.0. The maximum absolute atomic E-state index is 11.4. The van der Waals surface area contributed by atoms with Gasteiger partial charge in [-0.1, -0.05) is 19.3 Å². The Morgan fingerprint density at radius 3 is 2.73 bits per heavy atom. The van der Waals surface area contributed by atoms with Crippen LogP contribution >= 0.6 is 0 Å². The van der Waals surface area contributed by atoms with Crippen molar-refractivity contribution in [1.29, 1.82) is 0 Å². The minimum absolute atomic E-state index is 0.0962. The molecule has 0 aliphatic heterocycles. The molecule has 0 spiro atoms. The van der Waals surface area contributed by atoms with E-state index in [4.69, 9.17) is 6.42 Å². The summed E-state index contributed by atoms with van der Waals surface area (Å²) in [5, 5.41) is 6.06. The summed E-state index contributed by atoms with van der Waals surface area (Å²) in [5.41, 5.74) is 0. The van der Waals surface area contributed by atoms with E-state index in [2.05, 4.69) is 16.6 Å². The summed E-state index contributed by atoms with van der Waals surface area (Å²) in [6.07, 6.45) is 11.9. The largest absolute Gasteiger partial charge is 0.352 e. The molecule has 84 valence electrons. The van der Waals surface area contributed by atoms with Gasteiger partial charge in [0.2, 0.25) is 5.91 Å². The second kappa shape index (κ2) is 7.30. The van der Waals surface area contributed by atoms with E-state index in [-0.39, 0.29) is 5.91 Å². The van der Waals surface area contributed by atoms with Gasteiger partial charge in [-0.3, -0.25) is 4.79 Å². The van der Waals surface area contributed by atoms with Gasteiger partial charge in [0.05, 0.1) is 6.54 Å². The van der Waals surface area contributed by atoms with Crippen LogP contribution in [0.25, 0.3) is 0 Å². The van der Waals surface area contributed by atoms with Crippen molar-refractivity contribution in [3.63, 3.8) is 0 Å². The molecule has 0 aromatic heterocycles. The molecule has 0 atom stereocenters. The van der Waals surface area contributed by atoms with Crippen LogP contribution in [0.5, 0.6) is 0 Å². The molecule has 1 fully saturated rings. The van der Waals surface area contributed by atoms with Crippen LogP contribution in [0.2, 0.25) is 0 Å². The summed E-state index contributed by atoms with van der Waals surface area (Å²) < 4.78 is 0. The molecule has 15 heavy (non-hydrogen) atoms. The molecule has 0 aromatic rings. The number of carbonyl (C=O) groups excluding carboxylic acids is 1. The van der Waals surface area contributed by atoms with Crippen molar-refractivity contribution in [2.75, 3.05) is 13.1 Å². The molecule has 1 amide bonds. The van der Waals surface area contributed by atoms with E-state index in [1.165, 1.54) is 19.3 Å². The van der Waals surface area contributed by atoms with Crippen LogP contribution in [0.4, 0.5) is 0 Å². The van der Waals surface area contributed by atoms with Crippen LogP contribution < -0.4 is 10.6 Å². The molecule has 1 aliphatic carbocycles. The van der Waals surface area contributed by atoms with Crippen LogP contribution in [0.3, 0.4) is 0 Å². The predicted molar refractivity (Wildman–Crippen MR) is 61.3 cm³/mol. The van der Waals surface area contributed by atoms with Gasteiger partial charge in [0.15, 0.2) is 0 Å². The molecular formula is C12H20N2O. The van der Waals surface area contributed by atoms with Crippen LogP contribution in [-0.4, -0.2) is 25.0 Å². The fourth-order valence-electron chi connectivity index (χ4n) is 1.89. The molecule has 1 saturated carbocycles. The molecule has 0 saturated heterocycles. The van der Waals surface area contributed by atoms with Crippen LogP contribution in [0.1, 0.15) is 38.5 Å². The molecule has 1 aliphatic rings. The smallest absolute Gasteiger partial charge is 0.234 e. The van der Waals surface area contributed by atoms with E-state index in [1.54, 1.807) is 0 Å². The zero-order chi connectivity index (χ0) is 10.9. The highest BCUT2D eigenvalue weighted by Gasteiger charge is 2.14. The molecule has 0 heterocycles. The van der Waals surface area contributed by atoms with Crippen molar-refractivity contribution in [1.82, 2.24) is 10.6 Å². The molecule has 2 N–H and O–H groups in total. The van der Waals surface area contributed by atoms with Crippen LogP contribution in [0, 0.1) is 12.3 Å². The third-order valence-electron chi connectivity index (χ3n) is 2.70. The Balaban J connectivity index is 2.04. The highest BCUT2D eigenvalue weighted by molar-refractivity contribution is 5.78. The lowest BCUT2D eigenvalue weighted by atomic mass is 9.95. The Kier molecular flexibility index (Phi) is 5.87. The van der Waals surface area contributed by atoms with E-state index in [0.717, 1.165) is 12.8 Å². The average Bonchev–Trinajstić information content (AvgIpc) is 2.26. The summed E-state index contributed by atoms with van der Waals surface area (Å²) in [5.74, 6) is 2.62. The first-order valence-corrected chi connectivity index (χ1v) is 5.76. The zero-order valence-corrected chi connectivity index (χ0v) is 9.22. The Labute approximate surface area is 92.0 Å². The lowest BCUT2D eigenvalue weighted by molar-refractivity contribution is -0.121. The summed E-state index contributed by atoms with van der Waals surface area (Å²) in [6, 6.07) is 0.403. The molecule has 3 heteroatoms. The predicted octanol–water partition coefficient (Wildman–Crippen LogP) is 1.05. The minimum Gasteiger partial charge on any atom is -0.352 e. The van der Waals surface area contributed by atoms with Crippen molar-refractivity contribution in [2.45, 2.75) is 44.6 Å². The molecular weight excluding hydrogens is 188 g/mol. The molecule has 0 radical (unpaired) electrons. The van der Waals surface area contributed by atoms with E-state index in [1.807, 2.05) is 0 Å². The van der Waals surface area contributed by atoms with Crippen LogP contribution in [0.15, 0.2) is 0 Å². The molecule has 3 nitrogen and oxygen atoms in total. The van der Waals surface area contributed by atoms with E-state index in [9.17, 15) is 4.79 Å². The Hall–Kier alpha value is -1.01. The summed E-state index contributed by atoms with van der Waals surface area (Å²) in [4.78, 5) is 11.4. The zero-order valence-electron chi connectivity index (χ0n) is 9.22. The standard InChI is InChI=1S/C12H20N2O/c1-2-3-9-13-10-12(15)14-11-7-5-4-6-8-11/h1,11,13H,3-10H2,(H,14,15). The van der Waals surface area contributed by atoms with Crippen molar-refractivity contribution in [3.05, 3.63) is 0 Å². The molecule has 0 unspecified atom stereocenters. The maximum Gasteiger partial charge on any atom is 0.234 e. The molecule has 0 bridgehead atoms. The number of amides is 1. The fourth-order valence-corrected chi connectivity index (χ4v) is 1.89. The van der Waals surface area contributed by atoms with Crippen molar-refractivity contribution >= 4 is 5.91 Å². The van der Waals surface area contributed by atoms with Gasteiger partial charge in [0, 0.05) is 19.0 Å². The first-order valence-electron chi connectivity index (χ1n) is 5.76. The topological polar surface area (TPSA) is 41.1 Å². The minimum atomic E-state index is 0.0962. The summed E-state index contributed by atoms with van der Waals surface area (Å²) >= 11 is 0. The highest BCUT2D eigenvalue weighted by Crippen LogP contribution is 2.16. The number of terminal acetylenes is 1. The van der Waals surface area contributed by atoms with Crippen molar-refractivity contribution in [2.24, 2.45) is 0 Å². The third-order valence-corrected chi connectivity index (χ3v) is 2.70. The first-order chi connectivity index (χ1) is 7.33. The van der Waals surface area contributed by atoms with Gasteiger partial charge < -0.3 is 10.6 Å². The second-order valence-corrected chi connectivity index (χ2v) is 4.03. The molecule has 1 rings (SSSR count). The number of hydrogen-bond acceptors (Lipinski definition) is 2. The number of nitrogens with one attached hydrogen (secondary N) is 2. The van der Waals surface area contributed by atoms with Gasteiger partial charge in [-0.2, -0.15) is 0 Å². The Bertz CT molecular complexity index is 226. The second-order valence-electron chi connectivity index (χ2n) is 4.03. The van der Waals surface area contributed by atoms with Gasteiger partial charge in [-0.15, -0.1) is 12.3 Å². The lowest BCUT2D eigenvalue weighted by Gasteiger charge is -2.22. The highest BCUT2D eigenvalue weighted by atomic mass is 16.1. The Morgan fingerprint density at radius 2 is 2.07 bits per heavy atom. The van der Waals surface area contributed by atoms with E-state index < -0.39 is 0 Å². The fraction of sp³-hybridized carbons (Fsp3) is 0.750. The van der Waals surface area contributed by atoms with Crippen LogP contribution in [-0.2, 0) is 4.79 Å². The van der Waals surface area contributed by atoms with Gasteiger partial charge in [0.25, 0.3) is 0 Å². The Morgan fingerprint density at radius 1 is 1.33 bits per heavy atom. The maximum atomic E-state index is 11.4. The van der Waals surface area contributed by atoms with E-state index in [0.29, 0.717) is 25.6 Å². The first kappa shape index (κ1) is 12.1. The SMILES string of the molecule is C#CCCNCC(=O)NC1CCCCC1. The number of carbonyl (C=O) groups is 1. The van der Waals surface area contributed by atoms with Gasteiger partial charge in [-0.25, -0.2) is 0 Å². The van der Waals surface area contributed by atoms with Crippen molar-refractivity contribution < 1.29 is 4.79 Å². The number of hydrogen-bond donors (Lipinski definition) is 2. The van der Waals surface area contributed by atoms with E-state index >= 15 is 0 Å². The summed E-state index contributed by atoms with van der Waals surface area (Å²) in [6.45, 7) is 1.10. The number of rotatable bonds is 5.